The number of hydrogen-bond acceptors (Lipinski definition) is 0. The molecule has 0 saturated carbocycles. The molecule has 2 heteroatoms. The third kappa shape index (κ3) is 3.81. The van der Waals surface area contributed by atoms with Crippen LogP contribution in [0, 0.1) is 12.3 Å². The summed E-state index contributed by atoms with van der Waals surface area (Å²) < 4.78 is 11.9. The minimum atomic E-state index is -0.870. The lowest BCUT2D eigenvalue weighted by molar-refractivity contribution is 0.377. The summed E-state index contributed by atoms with van der Waals surface area (Å²) in [5.74, 6) is 2.21. The van der Waals surface area contributed by atoms with Crippen LogP contribution in [-0.4, -0.2) is 11.5 Å². The molecule has 1 atom stereocenters. The maximum atomic E-state index is 11.9. The van der Waals surface area contributed by atoms with Crippen LogP contribution in [0.4, 0.5) is 4.39 Å². The van der Waals surface area contributed by atoms with Crippen LogP contribution >= 0.6 is 15.9 Å². The summed E-state index contributed by atoms with van der Waals surface area (Å²) in [5.41, 5.74) is 0. The van der Waals surface area contributed by atoms with Crippen molar-refractivity contribution in [2.45, 2.75) is 12.6 Å². The van der Waals surface area contributed by atoms with E-state index in [1.54, 1.807) is 0 Å². The third-order valence-corrected chi connectivity index (χ3v) is 1.21. The summed E-state index contributed by atoms with van der Waals surface area (Å²) in [7, 11) is 0. The van der Waals surface area contributed by atoms with Crippen molar-refractivity contribution in [1.82, 2.24) is 0 Å². The monoisotopic (exact) mass is 164 g/mol. The second-order valence-corrected chi connectivity index (χ2v) is 1.81. The summed E-state index contributed by atoms with van der Waals surface area (Å²) in [6.45, 7) is 0. The van der Waals surface area contributed by atoms with Crippen LogP contribution in [0.3, 0.4) is 0 Å². The quantitative estimate of drug-likeness (QED) is 0.431. The Morgan fingerprint density at radius 1 is 1.86 bits per heavy atom. The van der Waals surface area contributed by atoms with Crippen molar-refractivity contribution in [3.05, 3.63) is 0 Å². The van der Waals surface area contributed by atoms with Crippen LogP contribution in [0.1, 0.15) is 6.42 Å². The van der Waals surface area contributed by atoms with Crippen molar-refractivity contribution >= 4 is 15.9 Å². The summed E-state index contributed by atoms with van der Waals surface area (Å²) in [6.07, 6.45) is 4.14. The van der Waals surface area contributed by atoms with Crippen molar-refractivity contribution in [2.24, 2.45) is 0 Å². The van der Waals surface area contributed by atoms with Gasteiger partial charge in [0.1, 0.15) is 6.17 Å². The SMILES string of the molecule is C#CCC(F)CBr. The first-order valence-corrected chi connectivity index (χ1v) is 3.07. The number of halogens is 2. The molecule has 0 bridgehead atoms. The Bertz CT molecular complexity index is 74.6. The Labute approximate surface area is 51.2 Å². The van der Waals surface area contributed by atoms with Gasteiger partial charge in [0.15, 0.2) is 0 Å². The van der Waals surface area contributed by atoms with E-state index in [-0.39, 0.29) is 6.42 Å². The highest BCUT2D eigenvalue weighted by molar-refractivity contribution is 9.09. The van der Waals surface area contributed by atoms with Crippen LogP contribution in [0.15, 0.2) is 0 Å². The van der Waals surface area contributed by atoms with Gasteiger partial charge in [-0.3, -0.25) is 0 Å². The first-order chi connectivity index (χ1) is 3.31. The largest absolute Gasteiger partial charge is 0.246 e. The number of alkyl halides is 2. The van der Waals surface area contributed by atoms with E-state index in [1.807, 2.05) is 0 Å². The summed E-state index contributed by atoms with van der Waals surface area (Å²) in [6, 6.07) is 0. The fraction of sp³-hybridized carbons (Fsp3) is 0.600. The first kappa shape index (κ1) is 6.97. The molecule has 0 aromatic heterocycles. The standard InChI is InChI=1S/C5H6BrF/c1-2-3-5(7)4-6/h1,5H,3-4H2. The maximum absolute atomic E-state index is 11.9. The molecule has 0 aromatic rings. The van der Waals surface area contributed by atoms with E-state index >= 15 is 0 Å². The Hall–Kier alpha value is -0.0300. The van der Waals surface area contributed by atoms with Crippen molar-refractivity contribution in [3.63, 3.8) is 0 Å². The van der Waals surface area contributed by atoms with E-state index in [9.17, 15) is 4.39 Å². The van der Waals surface area contributed by atoms with Gasteiger partial charge in [-0.15, -0.1) is 12.3 Å². The average Bonchev–Trinajstić information content (AvgIpc) is 1.68. The smallest absolute Gasteiger partial charge is 0.121 e. The van der Waals surface area contributed by atoms with Gasteiger partial charge in [0, 0.05) is 11.8 Å². The summed E-state index contributed by atoms with van der Waals surface area (Å²) in [4.78, 5) is 0. The number of hydrogen-bond donors (Lipinski definition) is 0. The fourth-order valence-corrected chi connectivity index (χ4v) is 0.411. The minimum absolute atomic E-state index is 0.214. The van der Waals surface area contributed by atoms with Crippen molar-refractivity contribution in [3.8, 4) is 12.3 Å². The topological polar surface area (TPSA) is 0 Å². The van der Waals surface area contributed by atoms with Gasteiger partial charge in [0.25, 0.3) is 0 Å². The molecule has 1 unspecified atom stereocenters. The molecule has 0 saturated heterocycles. The predicted molar refractivity (Wildman–Crippen MR) is 32.1 cm³/mol. The zero-order valence-corrected chi connectivity index (χ0v) is 5.41. The van der Waals surface area contributed by atoms with Gasteiger partial charge in [0.05, 0.1) is 0 Å². The van der Waals surface area contributed by atoms with E-state index < -0.39 is 6.17 Å². The second kappa shape index (κ2) is 4.14. The molecule has 0 N–H and O–H groups in total. The highest BCUT2D eigenvalue weighted by Crippen LogP contribution is 1.98. The Morgan fingerprint density at radius 3 is 2.57 bits per heavy atom. The van der Waals surface area contributed by atoms with Crippen molar-refractivity contribution in [2.75, 3.05) is 5.33 Å². The first-order valence-electron chi connectivity index (χ1n) is 1.94. The molecule has 0 rings (SSSR count). The highest BCUT2D eigenvalue weighted by atomic mass is 79.9. The van der Waals surface area contributed by atoms with Gasteiger partial charge < -0.3 is 0 Å². The second-order valence-electron chi connectivity index (χ2n) is 1.16. The molecule has 0 spiro atoms. The Morgan fingerprint density at radius 2 is 2.43 bits per heavy atom. The lowest BCUT2D eigenvalue weighted by Crippen LogP contribution is -1.97. The fourth-order valence-electron chi connectivity index (χ4n) is 0.182. The van der Waals surface area contributed by atoms with Crippen LogP contribution < -0.4 is 0 Å². The van der Waals surface area contributed by atoms with Crippen LogP contribution in [0.2, 0.25) is 0 Å². The van der Waals surface area contributed by atoms with Crippen LogP contribution in [-0.2, 0) is 0 Å². The highest BCUT2D eigenvalue weighted by Gasteiger charge is 1.97. The third-order valence-electron chi connectivity index (χ3n) is 0.507. The van der Waals surface area contributed by atoms with E-state index in [2.05, 4.69) is 21.9 Å². The molecular formula is C5H6BrF. The molecule has 0 heterocycles. The predicted octanol–water partition coefficient (Wildman–Crippen LogP) is 1.74. The van der Waals surface area contributed by atoms with Crippen molar-refractivity contribution in [1.29, 1.82) is 0 Å². The Balaban J connectivity index is 3.03. The summed E-state index contributed by atoms with van der Waals surface area (Å²) in [5, 5.41) is 0.344. The molecule has 0 fully saturated rings. The van der Waals surface area contributed by atoms with E-state index in [0.29, 0.717) is 5.33 Å². The minimum Gasteiger partial charge on any atom is -0.246 e. The number of rotatable bonds is 2. The zero-order valence-electron chi connectivity index (χ0n) is 3.82. The molecule has 7 heavy (non-hydrogen) atoms. The van der Waals surface area contributed by atoms with Gasteiger partial charge in [-0.25, -0.2) is 4.39 Å². The lowest BCUT2D eigenvalue weighted by Gasteiger charge is -1.92. The van der Waals surface area contributed by atoms with Gasteiger partial charge in [-0.1, -0.05) is 15.9 Å². The Kier molecular flexibility index (Phi) is 4.12. The number of terminal acetylenes is 1. The van der Waals surface area contributed by atoms with E-state index in [1.165, 1.54) is 0 Å². The van der Waals surface area contributed by atoms with E-state index in [0.717, 1.165) is 0 Å². The average molecular weight is 165 g/mol. The lowest BCUT2D eigenvalue weighted by atomic mass is 10.3. The molecule has 0 radical (unpaired) electrons. The summed E-state index contributed by atoms with van der Waals surface area (Å²) >= 11 is 2.95. The molecule has 40 valence electrons. The zero-order chi connectivity index (χ0) is 5.70. The van der Waals surface area contributed by atoms with Gasteiger partial charge in [0.2, 0.25) is 0 Å². The van der Waals surface area contributed by atoms with Gasteiger partial charge in [-0.2, -0.15) is 0 Å². The maximum Gasteiger partial charge on any atom is 0.121 e. The van der Waals surface area contributed by atoms with Crippen LogP contribution in [0.25, 0.3) is 0 Å². The van der Waals surface area contributed by atoms with Crippen molar-refractivity contribution < 1.29 is 4.39 Å². The van der Waals surface area contributed by atoms with E-state index in [4.69, 9.17) is 6.42 Å². The molecule has 0 aliphatic carbocycles. The normalized spacial score (nSPS) is 12.7. The molecular weight excluding hydrogens is 159 g/mol. The molecule has 0 nitrogen and oxygen atoms in total. The molecule has 0 aromatic carbocycles. The van der Waals surface area contributed by atoms with Gasteiger partial charge in [-0.05, 0) is 0 Å². The van der Waals surface area contributed by atoms with Gasteiger partial charge >= 0.3 is 0 Å². The molecule has 0 amide bonds. The molecule has 0 aliphatic heterocycles. The van der Waals surface area contributed by atoms with Crippen LogP contribution in [0.5, 0.6) is 0 Å². The molecule has 0 aliphatic rings.